The molecule has 24 valence electrons. The van der Waals surface area contributed by atoms with E-state index in [1.54, 1.807) is 0 Å². The Morgan fingerprint density at radius 1 is 1.25 bits per heavy atom. The van der Waals surface area contributed by atoms with Crippen LogP contribution in [0.2, 0.25) is 0 Å². The van der Waals surface area contributed by atoms with E-state index >= 15 is 0 Å². The minimum atomic E-state index is 2.38. The molecule has 0 saturated carbocycles. The molecule has 0 aliphatic carbocycles. The predicted octanol–water partition coefficient (Wildman–Crippen LogP) is 0.571. The maximum absolute atomic E-state index is 4.25. The van der Waals surface area contributed by atoms with Crippen LogP contribution in [0.25, 0.3) is 0 Å². The van der Waals surface area contributed by atoms with Crippen LogP contribution >= 0.6 is 0 Å². The van der Waals surface area contributed by atoms with Crippen LogP contribution in [0, 0.1) is 6.58 Å². The zero-order valence-corrected chi connectivity index (χ0v) is 3.67. The molecule has 0 nitrogen and oxygen atoms in total. The molecule has 0 aromatic carbocycles. The Hall–Kier alpha value is 0.142. The third-order valence-electron chi connectivity index (χ3n) is 0. The van der Waals surface area contributed by atoms with Crippen molar-refractivity contribution in [2.75, 3.05) is 0 Å². The van der Waals surface area contributed by atoms with Gasteiger partial charge >= 0.3 is 21.2 Å². The number of rotatable bonds is 0. The third kappa shape index (κ3) is 138. The first kappa shape index (κ1) is 8.91. The maximum atomic E-state index is 4.25. The molecule has 0 fully saturated rings. The molecule has 0 atom stereocenters. The first-order valence-corrected chi connectivity index (χ1v) is 1.60. The van der Waals surface area contributed by atoms with Gasteiger partial charge in [-0.05, 0) is 0 Å². The Morgan fingerprint density at radius 3 is 1.25 bits per heavy atom. The van der Waals surface area contributed by atoms with Crippen molar-refractivity contribution >= 4 is 5.39 Å². The summed E-state index contributed by atoms with van der Waals surface area (Å²) in [7, 11) is 0. The van der Waals surface area contributed by atoms with Crippen molar-refractivity contribution in [1.29, 1.82) is 0 Å². The monoisotopic (exact) mass is 93.0 g/mol. The molecule has 0 aliphatic rings. The summed E-state index contributed by atoms with van der Waals surface area (Å²) in [5, 5.41) is 3.12. The second-order valence-corrected chi connectivity index (χ2v) is 0. The normalized spacial score (nSPS) is 2.00. The predicted molar refractivity (Wildman–Crippen MR) is 17.0 cm³/mol. The first-order valence-electron chi connectivity index (χ1n) is 0.697. The zero-order valence-electron chi connectivity index (χ0n) is 2.40. The van der Waals surface area contributed by atoms with Crippen molar-refractivity contribution in [2.24, 2.45) is 0 Å². The molecular weight excluding hydrogens is 88.0 g/mol. The van der Waals surface area contributed by atoms with E-state index in [2.05, 4.69) is 34.4 Å². The van der Waals surface area contributed by atoms with E-state index in [9.17, 15) is 0 Å². The van der Waals surface area contributed by atoms with Crippen molar-refractivity contribution in [3.8, 4) is 0 Å². The van der Waals surface area contributed by atoms with Crippen LogP contribution in [0.15, 0.2) is 6.58 Å². The summed E-state index contributed by atoms with van der Waals surface area (Å²) in [6.45, 7) is 7.00. The summed E-state index contributed by atoms with van der Waals surface area (Å²) >= 11 is 2.38. The van der Waals surface area contributed by atoms with E-state index in [1.807, 2.05) is 0 Å². The molecule has 0 amide bonds. The van der Waals surface area contributed by atoms with Crippen LogP contribution < -0.4 is 0 Å². The minimum absolute atomic E-state index is 2.38. The molecule has 1 heteroatoms. The molecule has 0 saturated heterocycles. The molecule has 0 N–H and O–H groups in total. The first-order chi connectivity index (χ1) is 2.00. The summed E-state index contributed by atoms with van der Waals surface area (Å²) in [4.78, 5) is 0. The molecule has 0 heterocycles. The Labute approximate surface area is 35.1 Å². The average Bonchev–Trinajstić information content (AvgIpc) is 1.50. The van der Waals surface area contributed by atoms with Gasteiger partial charge in [-0.25, -0.2) is 0 Å². The Bertz CT molecular complexity index is 5.25. The molecule has 0 radical (unpaired) electrons. The van der Waals surface area contributed by atoms with Gasteiger partial charge < -0.3 is 6.58 Å². The zero-order chi connectivity index (χ0) is 4.00. The van der Waals surface area contributed by atoms with Gasteiger partial charge in [0.2, 0.25) is 0 Å². The van der Waals surface area contributed by atoms with Crippen molar-refractivity contribution in [1.82, 2.24) is 0 Å². The van der Waals surface area contributed by atoms with Crippen LogP contribution in [0.1, 0.15) is 0 Å². The summed E-state index contributed by atoms with van der Waals surface area (Å²) in [6, 6.07) is 0. The van der Waals surface area contributed by atoms with E-state index in [4.69, 9.17) is 0 Å². The van der Waals surface area contributed by atoms with Crippen molar-refractivity contribution < 1.29 is 15.9 Å². The number of hydrogen-bond acceptors (Lipinski definition) is 0. The van der Waals surface area contributed by atoms with Gasteiger partial charge in [-0.3, -0.25) is 6.58 Å². The molecule has 0 rings (SSSR count). The average molecular weight is 93.1 g/mol. The van der Waals surface area contributed by atoms with Crippen LogP contribution in [0.3, 0.4) is 0 Å². The van der Waals surface area contributed by atoms with Gasteiger partial charge in [0.05, 0.1) is 0 Å². The van der Waals surface area contributed by atoms with Crippen LogP contribution in [-0.4, -0.2) is 5.39 Å². The summed E-state index contributed by atoms with van der Waals surface area (Å²) in [5.41, 5.74) is 0. The van der Waals surface area contributed by atoms with Crippen LogP contribution in [0.5, 0.6) is 0 Å². The van der Waals surface area contributed by atoms with Crippen LogP contribution in [0.4, 0.5) is 0 Å². The van der Waals surface area contributed by atoms with E-state index in [1.165, 1.54) is 0 Å². The molecule has 0 bridgehead atoms. The Morgan fingerprint density at radius 2 is 1.25 bits per heavy atom. The second kappa shape index (κ2) is 711. The van der Waals surface area contributed by atoms with Crippen molar-refractivity contribution in [2.45, 2.75) is 0 Å². The third-order valence-corrected chi connectivity index (χ3v) is 0. The van der Waals surface area contributed by atoms with E-state index in [0.29, 0.717) is 0 Å². The van der Waals surface area contributed by atoms with Gasteiger partial charge in [-0.1, -0.05) is 0 Å². The van der Waals surface area contributed by atoms with Gasteiger partial charge in [0.1, 0.15) is 0 Å². The van der Waals surface area contributed by atoms with Gasteiger partial charge in [0.25, 0.3) is 0 Å². The molecule has 0 aromatic rings. The Kier molecular flexibility index (Phi) is 1580. The van der Waals surface area contributed by atoms with E-state index in [-0.39, 0.29) is 0 Å². The quantitative estimate of drug-likeness (QED) is 0.384. The van der Waals surface area contributed by atoms with E-state index in [0.717, 1.165) is 0 Å². The molecule has 0 aliphatic heterocycles. The van der Waals surface area contributed by atoms with Gasteiger partial charge in [0, 0.05) is 0 Å². The summed E-state index contributed by atoms with van der Waals surface area (Å²) in [6.07, 6.45) is 0. The fourth-order valence-electron chi connectivity index (χ4n) is 0. The topological polar surface area (TPSA) is 0 Å². The fourth-order valence-corrected chi connectivity index (χ4v) is 0. The van der Waals surface area contributed by atoms with Crippen molar-refractivity contribution in [3.05, 3.63) is 13.2 Å². The summed E-state index contributed by atoms with van der Waals surface area (Å²) < 4.78 is 0. The van der Waals surface area contributed by atoms with E-state index < -0.39 is 0 Å². The molecule has 0 unspecified atom stereocenters. The fraction of sp³-hybridized carbons (Fsp3) is 0. The standard InChI is InChI=1S/C2H3.CH2.Cr/c1-2;;/h1H,2H2;1H2;/q-1;;. The number of hydrogen-bond donors (Lipinski definition) is 0. The molecular formula is C3H5Cr-. The van der Waals surface area contributed by atoms with Crippen LogP contribution in [-0.2, 0) is 15.9 Å². The molecule has 0 aromatic heterocycles. The van der Waals surface area contributed by atoms with Gasteiger partial charge in [0.15, 0.2) is 0 Å². The van der Waals surface area contributed by atoms with Crippen molar-refractivity contribution in [3.63, 3.8) is 0 Å². The summed E-state index contributed by atoms with van der Waals surface area (Å²) in [5.74, 6) is 0. The SMILES string of the molecule is [CH-]=C.[CH2]=[Cr]. The van der Waals surface area contributed by atoms with Gasteiger partial charge in [-0.15, -0.1) is 0 Å². The molecule has 0 spiro atoms. The molecule has 4 heavy (non-hydrogen) atoms. The second-order valence-electron chi connectivity index (χ2n) is 0. The van der Waals surface area contributed by atoms with Gasteiger partial charge in [-0.2, -0.15) is 0 Å². The Balaban J connectivity index is 0.